The van der Waals surface area contributed by atoms with Crippen LogP contribution in [0, 0.1) is 11.6 Å². The number of hydrogen-bond donors (Lipinski definition) is 1. The van der Waals surface area contributed by atoms with Gasteiger partial charge in [0, 0.05) is 23.1 Å². The van der Waals surface area contributed by atoms with Crippen LogP contribution in [0.2, 0.25) is 0 Å². The van der Waals surface area contributed by atoms with Gasteiger partial charge in [-0.1, -0.05) is 6.07 Å². The molecule has 180 valence electrons. The molecule has 5 rings (SSSR count). The molecule has 0 spiro atoms. The maximum absolute atomic E-state index is 14.9. The number of aliphatic hydroxyl groups is 1. The summed E-state index contributed by atoms with van der Waals surface area (Å²) in [6, 6.07) is 11.7. The van der Waals surface area contributed by atoms with E-state index >= 15 is 0 Å². The van der Waals surface area contributed by atoms with Crippen molar-refractivity contribution in [1.82, 2.24) is 19.7 Å². The summed E-state index contributed by atoms with van der Waals surface area (Å²) >= 11 is 1.37. The van der Waals surface area contributed by atoms with Gasteiger partial charge in [0.25, 0.3) is 5.91 Å². The third-order valence-electron chi connectivity index (χ3n) is 6.41. The molecule has 0 radical (unpaired) electrons. The predicted molar refractivity (Wildman–Crippen MR) is 126 cm³/mol. The topological polar surface area (TPSA) is 80.5 Å². The molecule has 35 heavy (non-hydrogen) atoms. The summed E-state index contributed by atoms with van der Waals surface area (Å²) in [4.78, 5) is 20.3. The molecule has 2 aromatic carbocycles. The Hall–Kier alpha value is -3.63. The summed E-state index contributed by atoms with van der Waals surface area (Å²) in [5, 5.41) is 15.8. The summed E-state index contributed by atoms with van der Waals surface area (Å²) in [6.07, 6.45) is 2.69. The second-order valence-electron chi connectivity index (χ2n) is 8.44. The Labute approximate surface area is 204 Å². The molecular formula is C25H22F2N4O3S. The fourth-order valence-electron chi connectivity index (χ4n) is 4.43. The van der Waals surface area contributed by atoms with Crippen LogP contribution in [0.1, 0.15) is 27.7 Å². The zero-order valence-corrected chi connectivity index (χ0v) is 19.8. The third kappa shape index (κ3) is 4.08. The van der Waals surface area contributed by atoms with Crippen molar-refractivity contribution < 1.29 is 23.4 Å². The van der Waals surface area contributed by atoms with Crippen LogP contribution in [-0.2, 0) is 18.7 Å². The van der Waals surface area contributed by atoms with Crippen molar-refractivity contribution >= 4 is 17.2 Å². The molecule has 1 aliphatic heterocycles. The molecule has 2 atom stereocenters. The molecule has 0 fully saturated rings. The van der Waals surface area contributed by atoms with Crippen LogP contribution >= 0.6 is 11.3 Å². The summed E-state index contributed by atoms with van der Waals surface area (Å²) in [5.41, 5.74) is -0.216. The molecule has 1 aliphatic rings. The van der Waals surface area contributed by atoms with Gasteiger partial charge < -0.3 is 14.7 Å². The number of benzene rings is 2. The number of nitrogens with zero attached hydrogens (tertiary/aromatic N) is 4. The van der Waals surface area contributed by atoms with Gasteiger partial charge >= 0.3 is 0 Å². The van der Waals surface area contributed by atoms with E-state index in [-0.39, 0.29) is 24.6 Å². The number of halogens is 2. The highest BCUT2D eigenvalue weighted by molar-refractivity contribution is 7.17. The van der Waals surface area contributed by atoms with Crippen molar-refractivity contribution in [3.63, 3.8) is 0 Å². The number of carbonyl (C=O) groups is 1. The first kappa shape index (κ1) is 23.1. The van der Waals surface area contributed by atoms with Gasteiger partial charge in [-0.3, -0.25) is 4.79 Å². The van der Waals surface area contributed by atoms with E-state index in [9.17, 15) is 18.7 Å². The minimum Gasteiger partial charge on any atom is -0.497 e. The van der Waals surface area contributed by atoms with Crippen LogP contribution < -0.4 is 4.74 Å². The number of hydrogen-bond acceptors (Lipinski definition) is 6. The van der Waals surface area contributed by atoms with Crippen molar-refractivity contribution in [2.75, 3.05) is 7.11 Å². The van der Waals surface area contributed by atoms with Crippen molar-refractivity contribution in [2.45, 2.75) is 31.7 Å². The number of ether oxygens (including phenoxy) is 1. The Bertz CT molecular complexity index is 1370. The number of amides is 1. The molecule has 7 nitrogen and oxygen atoms in total. The fraction of sp³-hybridized carbons (Fsp3) is 0.240. The third-order valence-corrected chi connectivity index (χ3v) is 7.62. The van der Waals surface area contributed by atoms with Crippen molar-refractivity contribution in [1.29, 1.82) is 0 Å². The second-order valence-corrected chi connectivity index (χ2v) is 9.50. The molecule has 1 N–H and O–H groups in total. The Morgan fingerprint density at radius 3 is 2.60 bits per heavy atom. The SMILES string of the molecule is COc1ccc(-c2cc3c(s2)C(=O)N([C@H](C)[C@](O)(Cn2cncn2)c2ccc(F)cc2F)C3)cc1. The Balaban J connectivity index is 1.46. The van der Waals surface area contributed by atoms with Crippen molar-refractivity contribution in [2.24, 2.45) is 0 Å². The van der Waals surface area contributed by atoms with Gasteiger partial charge in [0.2, 0.25) is 0 Å². The lowest BCUT2D eigenvalue weighted by Gasteiger charge is -2.39. The van der Waals surface area contributed by atoms with Crippen LogP contribution in [0.5, 0.6) is 5.75 Å². The van der Waals surface area contributed by atoms with Crippen LogP contribution in [0.4, 0.5) is 8.78 Å². The van der Waals surface area contributed by atoms with E-state index < -0.39 is 23.3 Å². The zero-order chi connectivity index (χ0) is 24.7. The van der Waals surface area contributed by atoms with Gasteiger partial charge in [-0.05, 0) is 54.4 Å². The second kappa shape index (κ2) is 8.86. The molecule has 1 amide bonds. The lowest BCUT2D eigenvalue weighted by Crippen LogP contribution is -2.52. The van der Waals surface area contributed by atoms with Gasteiger partial charge in [-0.2, -0.15) is 5.10 Å². The molecular weight excluding hydrogens is 474 g/mol. The summed E-state index contributed by atoms with van der Waals surface area (Å²) in [6.45, 7) is 1.73. The van der Waals surface area contributed by atoms with Crippen LogP contribution in [0.25, 0.3) is 10.4 Å². The van der Waals surface area contributed by atoms with E-state index in [1.807, 2.05) is 30.3 Å². The minimum atomic E-state index is -1.89. The van der Waals surface area contributed by atoms with E-state index in [0.29, 0.717) is 4.88 Å². The summed E-state index contributed by atoms with van der Waals surface area (Å²) < 4.78 is 35.0. The van der Waals surface area contributed by atoms with Gasteiger partial charge in [0.1, 0.15) is 35.6 Å². The lowest BCUT2D eigenvalue weighted by molar-refractivity contribution is -0.0556. The Morgan fingerprint density at radius 2 is 1.97 bits per heavy atom. The highest BCUT2D eigenvalue weighted by Crippen LogP contribution is 2.41. The quantitative estimate of drug-likeness (QED) is 0.414. The van der Waals surface area contributed by atoms with Crippen LogP contribution in [0.15, 0.2) is 61.2 Å². The van der Waals surface area contributed by atoms with E-state index in [0.717, 1.165) is 33.9 Å². The van der Waals surface area contributed by atoms with E-state index in [1.54, 1.807) is 14.0 Å². The van der Waals surface area contributed by atoms with E-state index in [1.165, 1.54) is 39.6 Å². The zero-order valence-electron chi connectivity index (χ0n) is 19.0. The van der Waals surface area contributed by atoms with Crippen LogP contribution in [0.3, 0.4) is 0 Å². The molecule has 0 aliphatic carbocycles. The van der Waals surface area contributed by atoms with E-state index in [2.05, 4.69) is 10.1 Å². The fourth-order valence-corrected chi connectivity index (χ4v) is 5.56. The van der Waals surface area contributed by atoms with Crippen molar-refractivity contribution in [3.8, 4) is 16.2 Å². The largest absolute Gasteiger partial charge is 0.497 e. The number of thiophene rings is 1. The molecule has 0 saturated carbocycles. The molecule has 10 heteroatoms. The summed E-state index contributed by atoms with van der Waals surface area (Å²) in [7, 11) is 1.60. The summed E-state index contributed by atoms with van der Waals surface area (Å²) in [5.74, 6) is -1.17. The maximum Gasteiger partial charge on any atom is 0.264 e. The molecule has 2 aromatic heterocycles. The first-order chi connectivity index (χ1) is 16.8. The molecule has 3 heterocycles. The van der Waals surface area contributed by atoms with E-state index in [4.69, 9.17) is 4.74 Å². The highest BCUT2D eigenvalue weighted by Gasteiger charge is 2.46. The average Bonchev–Trinajstić information content (AvgIpc) is 3.57. The normalized spacial score (nSPS) is 15.7. The van der Waals surface area contributed by atoms with Crippen LogP contribution in [-0.4, -0.2) is 43.8 Å². The molecule has 0 bridgehead atoms. The lowest BCUT2D eigenvalue weighted by atomic mass is 9.85. The van der Waals surface area contributed by atoms with Crippen molar-refractivity contribution in [3.05, 3.63) is 88.8 Å². The number of rotatable bonds is 7. The monoisotopic (exact) mass is 496 g/mol. The predicted octanol–water partition coefficient (Wildman–Crippen LogP) is 4.23. The molecule has 0 saturated heterocycles. The molecule has 0 unspecified atom stereocenters. The van der Waals surface area contributed by atoms with Gasteiger partial charge in [0.15, 0.2) is 0 Å². The Morgan fingerprint density at radius 1 is 1.20 bits per heavy atom. The van der Waals surface area contributed by atoms with Gasteiger partial charge in [-0.15, -0.1) is 11.3 Å². The van der Waals surface area contributed by atoms with Gasteiger partial charge in [0.05, 0.1) is 24.6 Å². The smallest absolute Gasteiger partial charge is 0.264 e. The number of methoxy groups -OCH3 is 1. The number of carbonyl (C=O) groups excluding carboxylic acids is 1. The average molecular weight is 497 g/mol. The first-order valence-electron chi connectivity index (χ1n) is 10.9. The number of aromatic nitrogens is 3. The maximum atomic E-state index is 14.9. The number of fused-ring (bicyclic) bond motifs is 1. The first-order valence-corrected chi connectivity index (χ1v) is 11.7. The standard InChI is InChI=1S/C25H22F2N4O3S/c1-15(25(33,12-30-14-28-13-29-30)20-8-5-18(26)10-21(20)27)31-11-17-9-22(35-23(17)24(31)32)16-3-6-19(34-2)7-4-16/h3-10,13-15,33H,11-12H2,1-2H3/t15-,25-/m1/s1. The Kier molecular flexibility index (Phi) is 5.86. The molecule has 4 aromatic rings. The minimum absolute atomic E-state index is 0.121. The van der Waals surface area contributed by atoms with Gasteiger partial charge in [-0.25, -0.2) is 18.4 Å². The highest BCUT2D eigenvalue weighted by atomic mass is 32.1.